The zero-order chi connectivity index (χ0) is 6.27. The van der Waals surface area contributed by atoms with Crippen LogP contribution in [-0.2, 0) is 13.0 Å². The van der Waals surface area contributed by atoms with Crippen molar-refractivity contribution >= 4 is 0 Å². The highest BCUT2D eigenvalue weighted by Gasteiger charge is 2.07. The molecular weight excluding hydrogens is 100 g/mol. The van der Waals surface area contributed by atoms with Crippen molar-refractivity contribution in [2.75, 3.05) is 0 Å². The molecule has 1 aromatic rings. The maximum atomic E-state index is 7.16. The lowest BCUT2D eigenvalue weighted by molar-refractivity contribution is 0.656. The Bertz CT molecular complexity index is 207. The van der Waals surface area contributed by atoms with E-state index in [-0.39, 0.29) is 0 Å². The first kappa shape index (κ1) is 3.28. The maximum absolute atomic E-state index is 7.16. The van der Waals surface area contributed by atoms with E-state index in [0.29, 0.717) is 6.17 Å². The summed E-state index contributed by atoms with van der Waals surface area (Å²) in [6.07, 6.45) is 2.71. The smallest absolute Gasteiger partial charge is 0.0860 e. The van der Waals surface area contributed by atoms with E-state index in [2.05, 4.69) is 5.10 Å². The average Bonchev–Trinajstić information content (AvgIpc) is 2.22. The first-order valence-corrected chi connectivity index (χ1v) is 2.89. The monoisotopic (exact) mass is 109 g/mol. The fourth-order valence-electron chi connectivity index (χ4n) is 1.12. The Hall–Kier alpha value is -0.790. The van der Waals surface area contributed by atoms with E-state index in [1.807, 2.05) is 10.7 Å². The molecule has 0 saturated carbocycles. The minimum atomic E-state index is 0.407. The van der Waals surface area contributed by atoms with Gasteiger partial charge in [-0.2, -0.15) is 5.10 Å². The first-order chi connectivity index (χ1) is 4.36. The van der Waals surface area contributed by atoms with E-state index in [1.165, 1.54) is 12.1 Å². The third kappa shape index (κ3) is 0.399. The van der Waals surface area contributed by atoms with Crippen LogP contribution in [0.15, 0.2) is 12.2 Å². The molecule has 2 nitrogen and oxygen atoms in total. The molecule has 2 heteroatoms. The van der Waals surface area contributed by atoms with E-state index >= 15 is 0 Å². The molecular formula is C6H8N2. The second-order valence-electron chi connectivity index (χ2n) is 2.09. The van der Waals surface area contributed by atoms with E-state index in [4.69, 9.17) is 1.37 Å². The van der Waals surface area contributed by atoms with E-state index in [0.717, 1.165) is 13.0 Å². The highest BCUT2D eigenvalue weighted by Crippen LogP contribution is 2.10. The number of nitrogens with zero attached hydrogens (tertiary/aromatic N) is 2. The molecule has 0 bridgehead atoms. The number of fused-ring (bicyclic) bond motifs is 1. The minimum absolute atomic E-state index is 0.407. The Morgan fingerprint density at radius 2 is 2.88 bits per heavy atom. The molecule has 1 aromatic heterocycles. The quantitative estimate of drug-likeness (QED) is 0.482. The molecule has 0 radical (unpaired) electrons. The van der Waals surface area contributed by atoms with Crippen molar-refractivity contribution in [3.63, 3.8) is 0 Å². The highest BCUT2D eigenvalue weighted by molar-refractivity contribution is 5.03. The molecule has 8 heavy (non-hydrogen) atoms. The summed E-state index contributed by atoms with van der Waals surface area (Å²) >= 11 is 0. The average molecular weight is 109 g/mol. The summed E-state index contributed by atoms with van der Waals surface area (Å²) < 4.78 is 9.08. The Morgan fingerprint density at radius 1 is 1.88 bits per heavy atom. The van der Waals surface area contributed by atoms with Gasteiger partial charge in [-0.05, 0) is 18.9 Å². The normalized spacial score (nSPS) is 18.2. The predicted octanol–water partition coefficient (Wildman–Crippen LogP) is 0.829. The van der Waals surface area contributed by atoms with Crippen molar-refractivity contribution in [3.8, 4) is 0 Å². The molecule has 2 heterocycles. The molecule has 42 valence electrons. The molecule has 0 atom stereocenters. The van der Waals surface area contributed by atoms with Gasteiger partial charge >= 0.3 is 0 Å². The fraction of sp³-hybridized carbons (Fsp3) is 0.500. The summed E-state index contributed by atoms with van der Waals surface area (Å²) in [5.74, 6) is 0. The molecule has 0 spiro atoms. The number of aromatic nitrogens is 2. The van der Waals surface area contributed by atoms with Crippen molar-refractivity contribution in [1.82, 2.24) is 9.78 Å². The molecule has 0 aromatic carbocycles. The summed E-state index contributed by atoms with van der Waals surface area (Å²) in [5.41, 5.74) is 1.22. The fourth-order valence-corrected chi connectivity index (χ4v) is 1.12. The lowest BCUT2D eigenvalue weighted by atomic mass is 10.3. The first-order valence-electron chi connectivity index (χ1n) is 3.39. The number of hydrogen-bond donors (Lipinski definition) is 0. The summed E-state index contributed by atoms with van der Waals surface area (Å²) in [4.78, 5) is 0. The zero-order valence-electron chi connectivity index (χ0n) is 5.59. The van der Waals surface area contributed by atoms with Crippen LogP contribution in [0, 0.1) is 0 Å². The van der Waals surface area contributed by atoms with Crippen molar-refractivity contribution in [3.05, 3.63) is 17.9 Å². The Labute approximate surface area is 49.5 Å². The molecule has 2 rings (SSSR count). The van der Waals surface area contributed by atoms with Gasteiger partial charge in [-0.3, -0.25) is 4.68 Å². The lowest BCUT2D eigenvalue weighted by Crippen LogP contribution is -1.92. The van der Waals surface area contributed by atoms with Crippen molar-refractivity contribution < 1.29 is 1.37 Å². The van der Waals surface area contributed by atoms with Crippen LogP contribution < -0.4 is 0 Å². The standard InChI is InChI=1S/C6H8N2/c1-2-6-3-4-7-8(6)5-1/h3-4H,1-2,5H2/i4D. The third-order valence-corrected chi connectivity index (χ3v) is 1.54. The van der Waals surface area contributed by atoms with Crippen LogP contribution in [0.3, 0.4) is 0 Å². The largest absolute Gasteiger partial charge is 0.270 e. The van der Waals surface area contributed by atoms with Crippen molar-refractivity contribution in [2.45, 2.75) is 19.4 Å². The second kappa shape index (κ2) is 1.34. The van der Waals surface area contributed by atoms with Gasteiger partial charge in [0, 0.05) is 18.4 Å². The highest BCUT2D eigenvalue weighted by atomic mass is 15.3. The van der Waals surface area contributed by atoms with E-state index < -0.39 is 0 Å². The van der Waals surface area contributed by atoms with Crippen LogP contribution in [0.2, 0.25) is 0 Å². The SMILES string of the molecule is [2H]c1cc2n(n1)CCC2. The van der Waals surface area contributed by atoms with Gasteiger partial charge in [0.25, 0.3) is 0 Å². The predicted molar refractivity (Wildman–Crippen MR) is 30.5 cm³/mol. The number of rotatable bonds is 0. The minimum Gasteiger partial charge on any atom is -0.270 e. The van der Waals surface area contributed by atoms with Gasteiger partial charge in [-0.1, -0.05) is 0 Å². The molecule has 0 unspecified atom stereocenters. The van der Waals surface area contributed by atoms with Gasteiger partial charge < -0.3 is 0 Å². The van der Waals surface area contributed by atoms with Crippen LogP contribution in [0.1, 0.15) is 13.5 Å². The van der Waals surface area contributed by atoms with Gasteiger partial charge in [0.15, 0.2) is 0 Å². The molecule has 0 fully saturated rings. The summed E-state index contributed by atoms with van der Waals surface area (Å²) in [5, 5.41) is 3.97. The molecule has 0 N–H and O–H groups in total. The van der Waals surface area contributed by atoms with Gasteiger partial charge in [0.2, 0.25) is 0 Å². The van der Waals surface area contributed by atoms with Crippen LogP contribution in [-0.4, -0.2) is 9.78 Å². The maximum Gasteiger partial charge on any atom is 0.0860 e. The molecule has 0 saturated heterocycles. The summed E-state index contributed by atoms with van der Waals surface area (Å²) in [6, 6.07) is 1.84. The number of hydrogen-bond acceptors (Lipinski definition) is 1. The topological polar surface area (TPSA) is 17.8 Å². The molecule has 1 aliphatic heterocycles. The number of aryl methyl sites for hydroxylation is 2. The Kier molecular flexibility index (Phi) is 0.550. The van der Waals surface area contributed by atoms with Gasteiger partial charge in [-0.25, -0.2) is 0 Å². The zero-order valence-corrected chi connectivity index (χ0v) is 4.59. The lowest BCUT2D eigenvalue weighted by Gasteiger charge is -1.87. The van der Waals surface area contributed by atoms with Crippen LogP contribution in [0.25, 0.3) is 0 Å². The van der Waals surface area contributed by atoms with Crippen LogP contribution in [0.4, 0.5) is 0 Å². The third-order valence-electron chi connectivity index (χ3n) is 1.54. The second-order valence-corrected chi connectivity index (χ2v) is 2.09. The van der Waals surface area contributed by atoms with E-state index in [9.17, 15) is 0 Å². The van der Waals surface area contributed by atoms with Crippen LogP contribution >= 0.6 is 0 Å². The van der Waals surface area contributed by atoms with Gasteiger partial charge in [0.1, 0.15) is 0 Å². The van der Waals surface area contributed by atoms with Gasteiger partial charge in [0.05, 0.1) is 1.37 Å². The molecule has 0 aliphatic carbocycles. The summed E-state index contributed by atoms with van der Waals surface area (Å²) in [7, 11) is 0. The van der Waals surface area contributed by atoms with Gasteiger partial charge in [-0.15, -0.1) is 0 Å². The van der Waals surface area contributed by atoms with Crippen molar-refractivity contribution in [2.24, 2.45) is 0 Å². The summed E-state index contributed by atoms with van der Waals surface area (Å²) in [6.45, 7) is 1.01. The Morgan fingerprint density at radius 3 is 3.75 bits per heavy atom. The van der Waals surface area contributed by atoms with E-state index in [1.54, 1.807) is 0 Å². The van der Waals surface area contributed by atoms with Crippen LogP contribution in [0.5, 0.6) is 0 Å². The Balaban J connectivity index is 2.51. The molecule has 1 aliphatic rings. The molecule has 0 amide bonds. The van der Waals surface area contributed by atoms with Crippen molar-refractivity contribution in [1.29, 1.82) is 0 Å².